The topological polar surface area (TPSA) is 55.1 Å². The number of nitrogens with one attached hydrogen (secondary N) is 1. The molecule has 0 heterocycles. The average molecular weight is 329 g/mol. The molecule has 0 aliphatic rings. The van der Waals surface area contributed by atoms with Gasteiger partial charge in [-0.3, -0.25) is 4.79 Å². The minimum Gasteiger partial charge on any atom is -0.399 e. The number of anilines is 2. The van der Waals surface area contributed by atoms with Gasteiger partial charge in [0.1, 0.15) is 11.6 Å². The van der Waals surface area contributed by atoms with Crippen LogP contribution < -0.4 is 11.1 Å². The Kier molecular flexibility index (Phi) is 5.03. The molecule has 7 heteroatoms. The van der Waals surface area contributed by atoms with Gasteiger partial charge in [0, 0.05) is 16.6 Å². The van der Waals surface area contributed by atoms with Crippen LogP contribution in [0.1, 0.15) is 0 Å². The molecule has 0 unspecified atom stereocenters. The number of rotatable bonds is 4. The van der Waals surface area contributed by atoms with Crippen LogP contribution in [0.25, 0.3) is 0 Å². The molecule has 0 radical (unpaired) electrons. The molecule has 0 bridgehead atoms. The number of carbonyl (C=O) groups is 1. The van der Waals surface area contributed by atoms with Crippen molar-refractivity contribution in [2.75, 3.05) is 16.8 Å². The molecule has 2 aromatic rings. The Labute approximate surface area is 129 Å². The third-order valence-electron chi connectivity index (χ3n) is 2.52. The number of benzene rings is 2. The Morgan fingerprint density at radius 2 is 2.00 bits per heavy atom. The molecule has 0 spiro atoms. The molecular weight excluding hydrogens is 318 g/mol. The minimum atomic E-state index is -0.697. The second-order valence-electron chi connectivity index (χ2n) is 4.15. The van der Waals surface area contributed by atoms with E-state index in [-0.39, 0.29) is 11.4 Å². The molecule has 0 aromatic heterocycles. The van der Waals surface area contributed by atoms with Crippen molar-refractivity contribution in [2.24, 2.45) is 0 Å². The lowest BCUT2D eigenvalue weighted by molar-refractivity contribution is -0.113. The first kappa shape index (κ1) is 15.6. The summed E-state index contributed by atoms with van der Waals surface area (Å²) in [5.41, 5.74) is 5.96. The molecule has 0 fully saturated rings. The zero-order valence-electron chi connectivity index (χ0n) is 10.7. The van der Waals surface area contributed by atoms with Crippen LogP contribution in [0.15, 0.2) is 41.3 Å². The van der Waals surface area contributed by atoms with E-state index in [1.807, 2.05) is 0 Å². The molecule has 0 atom stereocenters. The first-order valence-electron chi connectivity index (χ1n) is 5.88. The van der Waals surface area contributed by atoms with Crippen molar-refractivity contribution in [1.29, 1.82) is 0 Å². The van der Waals surface area contributed by atoms with Gasteiger partial charge in [0.05, 0.1) is 16.5 Å². The number of nitrogen functional groups attached to an aromatic ring is 1. The first-order valence-corrected chi connectivity index (χ1v) is 7.25. The van der Waals surface area contributed by atoms with E-state index < -0.39 is 17.5 Å². The summed E-state index contributed by atoms with van der Waals surface area (Å²) in [4.78, 5) is 12.4. The lowest BCUT2D eigenvalue weighted by Crippen LogP contribution is -2.15. The molecule has 2 rings (SSSR count). The maximum Gasteiger partial charge on any atom is 0.234 e. The zero-order valence-corrected chi connectivity index (χ0v) is 12.3. The van der Waals surface area contributed by atoms with Gasteiger partial charge in [-0.25, -0.2) is 8.78 Å². The third kappa shape index (κ3) is 4.34. The normalized spacial score (nSPS) is 10.4. The summed E-state index contributed by atoms with van der Waals surface area (Å²) in [6.45, 7) is 0. The van der Waals surface area contributed by atoms with Crippen molar-refractivity contribution >= 4 is 40.6 Å². The van der Waals surface area contributed by atoms with Crippen molar-refractivity contribution in [3.8, 4) is 0 Å². The molecule has 2 aromatic carbocycles. The summed E-state index contributed by atoms with van der Waals surface area (Å²) in [6.07, 6.45) is 0. The summed E-state index contributed by atoms with van der Waals surface area (Å²) in [6, 6.07) is 7.77. The van der Waals surface area contributed by atoms with Crippen molar-refractivity contribution in [3.05, 3.63) is 53.1 Å². The highest BCUT2D eigenvalue weighted by atomic mass is 35.5. The van der Waals surface area contributed by atoms with Crippen LogP contribution in [-0.2, 0) is 4.79 Å². The van der Waals surface area contributed by atoms with E-state index in [9.17, 15) is 13.6 Å². The van der Waals surface area contributed by atoms with Crippen molar-refractivity contribution in [1.82, 2.24) is 0 Å². The van der Waals surface area contributed by atoms with Crippen LogP contribution in [0, 0.1) is 11.6 Å². The highest BCUT2D eigenvalue weighted by Gasteiger charge is 2.10. The Bertz CT molecular complexity index is 682. The quantitative estimate of drug-likeness (QED) is 0.660. The van der Waals surface area contributed by atoms with Gasteiger partial charge in [0.2, 0.25) is 5.91 Å². The zero-order chi connectivity index (χ0) is 15.4. The minimum absolute atomic E-state index is 0.000866. The molecule has 110 valence electrons. The van der Waals surface area contributed by atoms with E-state index in [2.05, 4.69) is 5.32 Å². The predicted molar refractivity (Wildman–Crippen MR) is 81.6 cm³/mol. The Morgan fingerprint density at radius 1 is 1.24 bits per heavy atom. The summed E-state index contributed by atoms with van der Waals surface area (Å²) in [5.74, 6) is -1.79. The fraction of sp³-hybridized carbons (Fsp3) is 0.0714. The van der Waals surface area contributed by atoms with Crippen molar-refractivity contribution in [2.45, 2.75) is 4.90 Å². The molecule has 1 amide bonds. The number of halogens is 3. The molecule has 0 saturated heterocycles. The molecule has 3 nitrogen and oxygen atoms in total. The lowest BCUT2D eigenvalue weighted by Gasteiger charge is -2.08. The SMILES string of the molecule is Nc1ccc(Cl)c(SCC(=O)Nc2cc(F)ccc2F)c1. The number of thioether (sulfide) groups is 1. The number of carbonyl (C=O) groups excluding carboxylic acids is 1. The van der Waals surface area contributed by atoms with Gasteiger partial charge in [-0.05, 0) is 30.3 Å². The summed E-state index contributed by atoms with van der Waals surface area (Å²) in [7, 11) is 0. The van der Waals surface area contributed by atoms with Crippen LogP contribution in [0.2, 0.25) is 5.02 Å². The number of hydrogen-bond acceptors (Lipinski definition) is 3. The average Bonchev–Trinajstić information content (AvgIpc) is 2.44. The molecule has 21 heavy (non-hydrogen) atoms. The van der Waals surface area contributed by atoms with Crippen LogP contribution in [0.5, 0.6) is 0 Å². The third-order valence-corrected chi connectivity index (χ3v) is 4.01. The number of amides is 1. The Hall–Kier alpha value is -1.79. The molecule has 0 saturated carbocycles. The van der Waals surface area contributed by atoms with Crippen LogP contribution in [-0.4, -0.2) is 11.7 Å². The standard InChI is InChI=1S/C14H11ClF2N2OS/c15-10-3-2-9(18)6-13(10)21-7-14(20)19-12-5-8(16)1-4-11(12)17/h1-6H,7,18H2,(H,19,20). The van der Waals surface area contributed by atoms with Crippen LogP contribution in [0.4, 0.5) is 20.2 Å². The lowest BCUT2D eigenvalue weighted by atomic mass is 10.3. The van der Waals surface area contributed by atoms with Gasteiger partial charge >= 0.3 is 0 Å². The van der Waals surface area contributed by atoms with Gasteiger partial charge in [0.15, 0.2) is 0 Å². The summed E-state index contributed by atoms with van der Waals surface area (Å²) >= 11 is 7.13. The Balaban J connectivity index is 1.99. The number of nitrogens with two attached hydrogens (primary N) is 1. The van der Waals surface area contributed by atoms with Crippen LogP contribution >= 0.6 is 23.4 Å². The van der Waals surface area contributed by atoms with Crippen molar-refractivity contribution in [3.63, 3.8) is 0 Å². The van der Waals surface area contributed by atoms with Gasteiger partial charge in [-0.2, -0.15) is 0 Å². The van der Waals surface area contributed by atoms with Crippen LogP contribution in [0.3, 0.4) is 0 Å². The Morgan fingerprint density at radius 3 is 2.76 bits per heavy atom. The summed E-state index contributed by atoms with van der Waals surface area (Å²) < 4.78 is 26.4. The summed E-state index contributed by atoms with van der Waals surface area (Å²) in [5, 5.41) is 2.78. The predicted octanol–water partition coefficient (Wildman–Crippen LogP) is 3.93. The van der Waals surface area contributed by atoms with Gasteiger partial charge in [-0.1, -0.05) is 11.6 Å². The van der Waals surface area contributed by atoms with Gasteiger partial charge in [0.25, 0.3) is 0 Å². The van der Waals surface area contributed by atoms with E-state index in [1.165, 1.54) is 0 Å². The second kappa shape index (κ2) is 6.78. The fourth-order valence-electron chi connectivity index (χ4n) is 1.55. The molecular formula is C14H11ClF2N2OS. The first-order chi connectivity index (χ1) is 9.95. The van der Waals surface area contributed by atoms with E-state index in [0.29, 0.717) is 15.6 Å². The van der Waals surface area contributed by atoms with Gasteiger partial charge < -0.3 is 11.1 Å². The van der Waals surface area contributed by atoms with Crippen molar-refractivity contribution < 1.29 is 13.6 Å². The second-order valence-corrected chi connectivity index (χ2v) is 5.58. The maximum absolute atomic E-state index is 13.4. The largest absolute Gasteiger partial charge is 0.399 e. The van der Waals surface area contributed by atoms with Gasteiger partial charge in [-0.15, -0.1) is 11.8 Å². The molecule has 0 aliphatic carbocycles. The van der Waals surface area contributed by atoms with E-state index in [1.54, 1.807) is 18.2 Å². The van der Waals surface area contributed by atoms with E-state index >= 15 is 0 Å². The highest BCUT2D eigenvalue weighted by Crippen LogP contribution is 2.29. The molecule has 0 aliphatic heterocycles. The fourth-order valence-corrected chi connectivity index (χ4v) is 2.62. The highest BCUT2D eigenvalue weighted by molar-refractivity contribution is 8.00. The van der Waals surface area contributed by atoms with E-state index in [0.717, 1.165) is 30.0 Å². The van der Waals surface area contributed by atoms with E-state index in [4.69, 9.17) is 17.3 Å². The smallest absolute Gasteiger partial charge is 0.234 e. The maximum atomic E-state index is 13.4. The molecule has 3 N–H and O–H groups in total. The monoisotopic (exact) mass is 328 g/mol. The number of hydrogen-bond donors (Lipinski definition) is 2.